The van der Waals surface area contributed by atoms with Crippen LogP contribution in [0.1, 0.15) is 22.9 Å². The maximum absolute atomic E-state index is 5.44. The molecule has 0 aliphatic carbocycles. The fourth-order valence-electron chi connectivity index (χ4n) is 7.85. The van der Waals surface area contributed by atoms with E-state index in [0.29, 0.717) is 0 Å². The van der Waals surface area contributed by atoms with Crippen molar-refractivity contribution >= 4 is 33.1 Å². The molecule has 1 aromatic heterocycles. The molecule has 56 heavy (non-hydrogen) atoms. The van der Waals surface area contributed by atoms with Gasteiger partial charge in [0, 0.05) is 22.2 Å². The van der Waals surface area contributed by atoms with E-state index in [1.165, 1.54) is 33.0 Å². The highest BCUT2D eigenvalue weighted by atomic mass is 15.1. The number of benzene rings is 8. The van der Waals surface area contributed by atoms with Crippen LogP contribution in [-0.4, -0.2) is 10.7 Å². The molecular formula is C53H37N3. The van der Waals surface area contributed by atoms with Gasteiger partial charge in [-0.15, -0.1) is 0 Å². The molecule has 1 N–H and O–H groups in total. The first-order chi connectivity index (χ1) is 27.7. The average Bonchev–Trinajstić information content (AvgIpc) is 3.29. The Hall–Kier alpha value is -7.36. The second-order valence-corrected chi connectivity index (χ2v) is 14.2. The van der Waals surface area contributed by atoms with Crippen LogP contribution >= 0.6 is 0 Å². The Kier molecular flexibility index (Phi) is 8.58. The van der Waals surface area contributed by atoms with Gasteiger partial charge in [-0.2, -0.15) is 0 Å². The van der Waals surface area contributed by atoms with Crippen molar-refractivity contribution < 1.29 is 0 Å². The average molecular weight is 716 g/mol. The third kappa shape index (κ3) is 6.36. The largest absolute Gasteiger partial charge is 0.360 e. The van der Waals surface area contributed by atoms with E-state index in [-0.39, 0.29) is 6.17 Å². The number of hydrogen-bond donors (Lipinski definition) is 1. The van der Waals surface area contributed by atoms with E-state index in [9.17, 15) is 0 Å². The number of pyridine rings is 1. The van der Waals surface area contributed by atoms with E-state index in [4.69, 9.17) is 9.98 Å². The van der Waals surface area contributed by atoms with Gasteiger partial charge in [-0.25, -0.2) is 4.98 Å². The SMILES string of the molecule is C1=C(c2ccc(-c3ccccc3)cc2)NC(c2ccc(-c3cc4ccccc4c4c(-c5ccccc5)cc(-c5ccccc5)nc34)cc2)N=C1c1ccccc1. The Labute approximate surface area is 327 Å². The molecule has 264 valence electrons. The molecule has 1 aliphatic rings. The number of nitrogens with zero attached hydrogens (tertiary/aromatic N) is 2. The second kappa shape index (κ2) is 14.5. The van der Waals surface area contributed by atoms with E-state index < -0.39 is 0 Å². The number of hydrogen-bond acceptors (Lipinski definition) is 3. The molecule has 0 bridgehead atoms. The number of rotatable bonds is 7. The van der Waals surface area contributed by atoms with Crippen LogP contribution in [0.15, 0.2) is 217 Å². The molecule has 1 unspecified atom stereocenters. The standard InChI is InChI=1S/C53H37N3/c1-5-15-36(16-6-1)37-25-29-42(30-26-37)50-35-49(41-21-11-4-12-22-41)55-53(56-50)43-31-27-39(28-32-43)47-33-44-23-13-14-24-45(44)51-46(38-17-7-2-8-18-38)34-48(54-52(47)51)40-19-9-3-10-20-40/h1-35,53,56H. The minimum atomic E-state index is -0.270. The van der Waals surface area contributed by atoms with E-state index in [0.717, 1.165) is 61.4 Å². The zero-order valence-corrected chi connectivity index (χ0v) is 30.7. The van der Waals surface area contributed by atoms with Crippen molar-refractivity contribution in [3.05, 3.63) is 229 Å². The summed E-state index contributed by atoms with van der Waals surface area (Å²) in [5.41, 5.74) is 15.3. The highest BCUT2D eigenvalue weighted by molar-refractivity contribution is 6.18. The maximum Gasteiger partial charge on any atom is 0.145 e. The molecule has 10 rings (SSSR count). The van der Waals surface area contributed by atoms with E-state index in [1.807, 2.05) is 6.07 Å². The zero-order valence-electron chi connectivity index (χ0n) is 30.7. The lowest BCUT2D eigenvalue weighted by molar-refractivity contribution is 0.664. The summed E-state index contributed by atoms with van der Waals surface area (Å²) in [4.78, 5) is 10.7. The Balaban J connectivity index is 1.08. The smallest absolute Gasteiger partial charge is 0.145 e. The Morgan fingerprint density at radius 2 is 0.929 bits per heavy atom. The molecule has 1 aliphatic heterocycles. The molecule has 1 atom stereocenters. The van der Waals surface area contributed by atoms with Crippen LogP contribution in [0.2, 0.25) is 0 Å². The molecule has 3 heteroatoms. The zero-order chi connectivity index (χ0) is 37.3. The van der Waals surface area contributed by atoms with Gasteiger partial charge in [0.25, 0.3) is 0 Å². The maximum atomic E-state index is 5.44. The lowest BCUT2D eigenvalue weighted by Gasteiger charge is -2.25. The van der Waals surface area contributed by atoms with Crippen molar-refractivity contribution in [1.29, 1.82) is 0 Å². The number of aromatic nitrogens is 1. The van der Waals surface area contributed by atoms with Crippen LogP contribution < -0.4 is 5.32 Å². The molecular weight excluding hydrogens is 679 g/mol. The molecule has 0 radical (unpaired) electrons. The van der Waals surface area contributed by atoms with Crippen molar-refractivity contribution in [3.63, 3.8) is 0 Å². The van der Waals surface area contributed by atoms with Crippen molar-refractivity contribution in [2.75, 3.05) is 0 Å². The fourth-order valence-corrected chi connectivity index (χ4v) is 7.85. The van der Waals surface area contributed by atoms with Crippen LogP contribution in [0, 0.1) is 0 Å². The van der Waals surface area contributed by atoms with Crippen LogP contribution in [0.25, 0.3) is 72.0 Å². The molecule has 2 heterocycles. The third-order valence-corrected chi connectivity index (χ3v) is 10.7. The van der Waals surface area contributed by atoms with E-state index in [2.05, 4.69) is 212 Å². The monoisotopic (exact) mass is 715 g/mol. The minimum Gasteiger partial charge on any atom is -0.360 e. The summed E-state index contributed by atoms with van der Waals surface area (Å²) < 4.78 is 0. The lowest BCUT2D eigenvalue weighted by atomic mass is 9.90. The van der Waals surface area contributed by atoms with Crippen LogP contribution in [0.4, 0.5) is 0 Å². The third-order valence-electron chi connectivity index (χ3n) is 10.7. The van der Waals surface area contributed by atoms with Gasteiger partial charge in [-0.3, -0.25) is 4.99 Å². The molecule has 0 spiro atoms. The van der Waals surface area contributed by atoms with Gasteiger partial charge in [0.15, 0.2) is 0 Å². The number of allylic oxidation sites excluding steroid dienone is 1. The lowest BCUT2D eigenvalue weighted by Crippen LogP contribution is -2.24. The summed E-state index contributed by atoms with van der Waals surface area (Å²) in [5, 5.41) is 7.31. The van der Waals surface area contributed by atoms with Gasteiger partial charge in [0.1, 0.15) is 6.17 Å². The van der Waals surface area contributed by atoms with E-state index in [1.54, 1.807) is 0 Å². The molecule has 3 nitrogen and oxygen atoms in total. The first-order valence-electron chi connectivity index (χ1n) is 19.1. The van der Waals surface area contributed by atoms with Crippen molar-refractivity contribution in [3.8, 4) is 44.6 Å². The van der Waals surface area contributed by atoms with Gasteiger partial charge in [0.05, 0.1) is 16.9 Å². The highest BCUT2D eigenvalue weighted by Crippen LogP contribution is 2.41. The van der Waals surface area contributed by atoms with Crippen LogP contribution in [0.5, 0.6) is 0 Å². The van der Waals surface area contributed by atoms with E-state index >= 15 is 0 Å². The topological polar surface area (TPSA) is 37.3 Å². The van der Waals surface area contributed by atoms with Gasteiger partial charge < -0.3 is 5.32 Å². The predicted molar refractivity (Wildman–Crippen MR) is 234 cm³/mol. The minimum absolute atomic E-state index is 0.270. The number of aliphatic imine (C=N–C) groups is 1. The Morgan fingerprint density at radius 3 is 1.61 bits per heavy atom. The van der Waals surface area contributed by atoms with Crippen LogP contribution in [0.3, 0.4) is 0 Å². The summed E-state index contributed by atoms with van der Waals surface area (Å²) >= 11 is 0. The molecule has 0 fully saturated rings. The predicted octanol–water partition coefficient (Wildman–Crippen LogP) is 13.2. The van der Waals surface area contributed by atoms with Gasteiger partial charge in [0.2, 0.25) is 0 Å². The first kappa shape index (κ1) is 33.2. The Morgan fingerprint density at radius 1 is 0.411 bits per heavy atom. The summed E-state index contributed by atoms with van der Waals surface area (Å²) in [5.74, 6) is 0. The number of fused-ring (bicyclic) bond motifs is 3. The van der Waals surface area contributed by atoms with Gasteiger partial charge in [-0.1, -0.05) is 194 Å². The van der Waals surface area contributed by atoms with Crippen molar-refractivity contribution in [1.82, 2.24) is 10.3 Å². The summed E-state index contributed by atoms with van der Waals surface area (Å²) in [6, 6.07) is 73.0. The van der Waals surface area contributed by atoms with Crippen molar-refractivity contribution in [2.24, 2.45) is 4.99 Å². The summed E-state index contributed by atoms with van der Waals surface area (Å²) in [7, 11) is 0. The molecule has 8 aromatic carbocycles. The fraction of sp³-hybridized carbons (Fsp3) is 0.0189. The quantitative estimate of drug-likeness (QED) is 0.167. The van der Waals surface area contributed by atoms with Crippen LogP contribution in [-0.2, 0) is 0 Å². The molecule has 0 amide bonds. The van der Waals surface area contributed by atoms with Gasteiger partial charge >= 0.3 is 0 Å². The van der Waals surface area contributed by atoms with Gasteiger partial charge in [-0.05, 0) is 73.5 Å². The van der Waals surface area contributed by atoms with Crippen molar-refractivity contribution in [2.45, 2.75) is 6.17 Å². The summed E-state index contributed by atoms with van der Waals surface area (Å²) in [6.07, 6.45) is 1.90. The highest BCUT2D eigenvalue weighted by Gasteiger charge is 2.21. The molecule has 9 aromatic rings. The molecule has 0 saturated heterocycles. The number of nitrogens with one attached hydrogen (secondary N) is 1. The first-order valence-corrected chi connectivity index (χ1v) is 19.1. The molecule has 0 saturated carbocycles. The normalized spacial score (nSPS) is 13.9. The second-order valence-electron chi connectivity index (χ2n) is 14.2. The Bertz CT molecular complexity index is 2880. The summed E-state index contributed by atoms with van der Waals surface area (Å²) in [6.45, 7) is 0.